The summed E-state index contributed by atoms with van der Waals surface area (Å²) < 4.78 is 11.5. The van der Waals surface area contributed by atoms with Gasteiger partial charge in [-0.3, -0.25) is 9.59 Å². The molecule has 0 saturated carbocycles. The largest absolute Gasteiger partial charge is 0.490 e. The minimum atomic E-state index is -0.293. The molecule has 1 fully saturated rings. The smallest absolute Gasteiger partial charge is 0.275 e. The third kappa shape index (κ3) is 3.12. The molecule has 0 unspecified atom stereocenters. The Labute approximate surface area is 167 Å². The van der Waals surface area contributed by atoms with Crippen LogP contribution in [0.4, 0.5) is 0 Å². The summed E-state index contributed by atoms with van der Waals surface area (Å²) in [5, 5.41) is 7.59. The normalized spacial score (nSPS) is 18.6. The molecule has 0 radical (unpaired) electrons. The van der Waals surface area contributed by atoms with Crippen molar-refractivity contribution in [3.63, 3.8) is 0 Å². The van der Waals surface area contributed by atoms with Gasteiger partial charge < -0.3 is 14.4 Å². The second kappa shape index (κ2) is 7.24. The monoisotopic (exact) mass is 391 g/mol. The van der Waals surface area contributed by atoms with Gasteiger partial charge in [-0.2, -0.15) is 5.10 Å². The van der Waals surface area contributed by atoms with Crippen molar-refractivity contribution in [1.82, 2.24) is 15.1 Å². The van der Waals surface area contributed by atoms with Crippen LogP contribution in [0.2, 0.25) is 0 Å². The molecule has 2 aliphatic heterocycles. The molecule has 3 heterocycles. The number of fused-ring (bicyclic) bond motifs is 2. The first kappa shape index (κ1) is 17.7. The van der Waals surface area contributed by atoms with Gasteiger partial charge in [0.2, 0.25) is 0 Å². The Bertz CT molecular complexity index is 1140. The summed E-state index contributed by atoms with van der Waals surface area (Å²) >= 11 is 0. The third-order valence-electron chi connectivity index (χ3n) is 5.57. The highest BCUT2D eigenvalue weighted by molar-refractivity contribution is 6.05. The zero-order valence-corrected chi connectivity index (χ0v) is 15.9. The molecule has 1 atom stereocenters. The van der Waals surface area contributed by atoms with Crippen LogP contribution in [0.15, 0.2) is 47.3 Å². The summed E-state index contributed by atoms with van der Waals surface area (Å²) in [6.07, 6.45) is 2.63. The second-order valence-electron chi connectivity index (χ2n) is 7.36. The zero-order chi connectivity index (χ0) is 19.8. The molecule has 148 valence electrons. The maximum Gasteiger partial charge on any atom is 0.275 e. The average molecular weight is 391 g/mol. The maximum absolute atomic E-state index is 13.4. The molecule has 0 aliphatic carbocycles. The number of amides is 1. The first-order valence-electron chi connectivity index (χ1n) is 9.90. The summed E-state index contributed by atoms with van der Waals surface area (Å²) in [7, 11) is 0. The van der Waals surface area contributed by atoms with Crippen LogP contribution < -0.4 is 15.0 Å². The van der Waals surface area contributed by atoms with Crippen LogP contribution in [-0.4, -0.2) is 40.8 Å². The number of carbonyl (C=O) groups is 1. The molecule has 2 aromatic carbocycles. The van der Waals surface area contributed by atoms with E-state index in [9.17, 15) is 9.59 Å². The fourth-order valence-corrected chi connectivity index (χ4v) is 4.16. The number of hydrogen-bond acceptors (Lipinski definition) is 5. The topological polar surface area (TPSA) is 84.5 Å². The lowest BCUT2D eigenvalue weighted by Crippen LogP contribution is -2.32. The van der Waals surface area contributed by atoms with Crippen molar-refractivity contribution in [1.29, 1.82) is 0 Å². The quantitative estimate of drug-likeness (QED) is 0.726. The predicted molar refractivity (Wildman–Crippen MR) is 107 cm³/mol. The molecule has 7 nitrogen and oxygen atoms in total. The lowest BCUT2D eigenvalue weighted by Gasteiger charge is -2.25. The summed E-state index contributed by atoms with van der Waals surface area (Å²) in [5.74, 6) is 1.30. The highest BCUT2D eigenvalue weighted by Gasteiger charge is 2.33. The fraction of sp³-hybridized carbons (Fsp3) is 0.318. The molecule has 3 aromatic rings. The van der Waals surface area contributed by atoms with Crippen molar-refractivity contribution in [2.24, 2.45) is 0 Å². The first-order valence-corrected chi connectivity index (χ1v) is 9.90. The van der Waals surface area contributed by atoms with E-state index in [1.54, 1.807) is 18.2 Å². The van der Waals surface area contributed by atoms with Gasteiger partial charge >= 0.3 is 0 Å². The van der Waals surface area contributed by atoms with E-state index in [1.807, 2.05) is 29.2 Å². The van der Waals surface area contributed by atoms with Gasteiger partial charge in [0.15, 0.2) is 17.2 Å². The van der Waals surface area contributed by atoms with E-state index in [-0.39, 0.29) is 23.2 Å². The molecule has 1 amide bonds. The standard InChI is InChI=1S/C22H21N3O4/c26-21-16-6-2-1-5-15(16)20(23-24-21)22(27)25-10-3-7-17(25)14-8-9-18-19(13-14)29-12-4-11-28-18/h1-2,5-6,8-9,13,17H,3-4,7,10-12H2,(H,24,26)/t17-/m0/s1. The molecular formula is C22H21N3O4. The molecule has 29 heavy (non-hydrogen) atoms. The molecule has 0 bridgehead atoms. The van der Waals surface area contributed by atoms with Crippen LogP contribution in [0.5, 0.6) is 11.5 Å². The number of likely N-dealkylation sites (tertiary alicyclic amines) is 1. The van der Waals surface area contributed by atoms with E-state index in [1.165, 1.54) is 0 Å². The molecule has 0 spiro atoms. The van der Waals surface area contributed by atoms with E-state index in [0.717, 1.165) is 36.3 Å². The number of benzene rings is 2. The summed E-state index contributed by atoms with van der Waals surface area (Å²) in [4.78, 5) is 27.3. The SMILES string of the molecule is O=C(c1n[nH]c(=O)c2ccccc12)N1CCC[C@H]1c1ccc2c(c1)OCCCO2. The van der Waals surface area contributed by atoms with E-state index in [4.69, 9.17) is 9.47 Å². The van der Waals surface area contributed by atoms with Crippen molar-refractivity contribution < 1.29 is 14.3 Å². The van der Waals surface area contributed by atoms with Gasteiger partial charge in [0.25, 0.3) is 11.5 Å². The van der Waals surface area contributed by atoms with Crippen LogP contribution in [0.25, 0.3) is 10.8 Å². The van der Waals surface area contributed by atoms with Gasteiger partial charge in [-0.25, -0.2) is 5.10 Å². The van der Waals surface area contributed by atoms with Crippen molar-refractivity contribution >= 4 is 16.7 Å². The molecule has 7 heteroatoms. The van der Waals surface area contributed by atoms with Gasteiger partial charge in [-0.1, -0.05) is 24.3 Å². The van der Waals surface area contributed by atoms with Crippen molar-refractivity contribution in [2.75, 3.05) is 19.8 Å². The molecule has 2 aliphatic rings. The number of aromatic nitrogens is 2. The van der Waals surface area contributed by atoms with Crippen LogP contribution in [0, 0.1) is 0 Å². The Morgan fingerprint density at radius 2 is 1.83 bits per heavy atom. The lowest BCUT2D eigenvalue weighted by atomic mass is 10.0. The van der Waals surface area contributed by atoms with Crippen LogP contribution in [0.3, 0.4) is 0 Å². The number of hydrogen-bond donors (Lipinski definition) is 1. The van der Waals surface area contributed by atoms with E-state index in [2.05, 4.69) is 10.2 Å². The van der Waals surface area contributed by atoms with Crippen LogP contribution in [0.1, 0.15) is 41.4 Å². The van der Waals surface area contributed by atoms with Gasteiger partial charge in [0, 0.05) is 18.4 Å². The lowest BCUT2D eigenvalue weighted by molar-refractivity contribution is 0.0730. The van der Waals surface area contributed by atoms with E-state index in [0.29, 0.717) is 30.5 Å². The highest BCUT2D eigenvalue weighted by atomic mass is 16.5. The molecule has 5 rings (SSSR count). The summed E-state index contributed by atoms with van der Waals surface area (Å²) in [5.41, 5.74) is 1.01. The number of carbonyl (C=O) groups excluding carboxylic acids is 1. The van der Waals surface area contributed by atoms with Crippen molar-refractivity contribution in [3.8, 4) is 11.5 Å². The maximum atomic E-state index is 13.4. The first-order chi connectivity index (χ1) is 14.2. The fourth-order valence-electron chi connectivity index (χ4n) is 4.16. The van der Waals surface area contributed by atoms with Crippen molar-refractivity contribution in [3.05, 3.63) is 64.1 Å². The van der Waals surface area contributed by atoms with Crippen LogP contribution in [-0.2, 0) is 0 Å². The molecule has 1 saturated heterocycles. The van der Waals surface area contributed by atoms with Crippen molar-refractivity contribution in [2.45, 2.75) is 25.3 Å². The van der Waals surface area contributed by atoms with E-state index >= 15 is 0 Å². The Morgan fingerprint density at radius 1 is 1.03 bits per heavy atom. The Kier molecular flexibility index (Phi) is 4.42. The second-order valence-corrected chi connectivity index (χ2v) is 7.36. The van der Waals surface area contributed by atoms with Gasteiger partial charge in [-0.15, -0.1) is 0 Å². The summed E-state index contributed by atoms with van der Waals surface area (Å²) in [6.45, 7) is 1.91. The minimum absolute atomic E-state index is 0.0628. The Morgan fingerprint density at radius 3 is 2.69 bits per heavy atom. The van der Waals surface area contributed by atoms with Gasteiger partial charge in [0.05, 0.1) is 24.6 Å². The predicted octanol–water partition coefficient (Wildman–Crippen LogP) is 3.06. The number of aromatic amines is 1. The summed E-state index contributed by atoms with van der Waals surface area (Å²) in [6, 6.07) is 12.9. The van der Waals surface area contributed by atoms with Crippen LogP contribution >= 0.6 is 0 Å². The molecule has 1 N–H and O–H groups in total. The number of rotatable bonds is 2. The molecule has 1 aromatic heterocycles. The number of H-pyrrole nitrogens is 1. The van der Waals surface area contributed by atoms with Gasteiger partial charge in [-0.05, 0) is 36.6 Å². The number of nitrogens with zero attached hydrogens (tertiary/aromatic N) is 2. The van der Waals surface area contributed by atoms with Gasteiger partial charge in [0.1, 0.15) is 0 Å². The Balaban J connectivity index is 1.50. The zero-order valence-electron chi connectivity index (χ0n) is 15.9. The number of ether oxygens (including phenoxy) is 2. The van der Waals surface area contributed by atoms with E-state index < -0.39 is 0 Å². The third-order valence-corrected chi connectivity index (χ3v) is 5.57. The highest BCUT2D eigenvalue weighted by Crippen LogP contribution is 2.38. The minimum Gasteiger partial charge on any atom is -0.490 e. The number of nitrogens with one attached hydrogen (secondary N) is 1. The molecular weight excluding hydrogens is 370 g/mol. The Hall–Kier alpha value is -3.35. The average Bonchev–Trinajstić information content (AvgIpc) is 3.12.